The monoisotopic (exact) mass is 428 g/mol. The summed E-state index contributed by atoms with van der Waals surface area (Å²) < 4.78 is 24.1. The lowest BCUT2D eigenvalue weighted by Gasteiger charge is -2.44. The molecule has 1 aliphatic heterocycles. The number of Topliss-reactive ketones (excluding diaryl/α,β-unsaturated/α-hetero) is 1. The van der Waals surface area contributed by atoms with E-state index in [1.807, 2.05) is 11.8 Å². The van der Waals surface area contributed by atoms with Gasteiger partial charge in [0.05, 0.1) is 7.11 Å². The molecule has 166 valence electrons. The van der Waals surface area contributed by atoms with Crippen molar-refractivity contribution in [2.45, 2.75) is 39.4 Å². The Labute approximate surface area is 182 Å². The van der Waals surface area contributed by atoms with Crippen LogP contribution in [0.4, 0.5) is 4.39 Å². The van der Waals surface area contributed by atoms with Crippen LogP contribution in [-0.4, -0.2) is 60.4 Å². The Morgan fingerprint density at radius 3 is 2.35 bits per heavy atom. The highest BCUT2D eigenvalue weighted by Crippen LogP contribution is 2.29. The number of nitrogens with zero attached hydrogens (tertiary/aromatic N) is 2. The highest BCUT2D eigenvalue weighted by molar-refractivity contribution is 5.99. The molecule has 31 heavy (non-hydrogen) atoms. The molecule has 2 atom stereocenters. The van der Waals surface area contributed by atoms with Gasteiger partial charge in [-0.15, -0.1) is 0 Å². The van der Waals surface area contributed by atoms with Crippen molar-refractivity contribution < 1.29 is 23.5 Å². The number of amides is 1. The molecule has 0 aliphatic carbocycles. The highest BCUT2D eigenvalue weighted by atomic mass is 19.1. The lowest BCUT2D eigenvalue weighted by molar-refractivity contribution is -0.139. The van der Waals surface area contributed by atoms with Gasteiger partial charge in [-0.25, -0.2) is 4.39 Å². The minimum Gasteiger partial charge on any atom is -0.496 e. The molecular formula is C24H29FN2O4. The number of ketones is 1. The molecule has 1 aliphatic rings. The van der Waals surface area contributed by atoms with Gasteiger partial charge >= 0.3 is 0 Å². The number of methoxy groups -OCH3 is 1. The van der Waals surface area contributed by atoms with Crippen LogP contribution >= 0.6 is 0 Å². The van der Waals surface area contributed by atoms with Crippen molar-refractivity contribution in [3.8, 4) is 11.5 Å². The number of halogens is 1. The molecular weight excluding hydrogens is 399 g/mol. The zero-order chi connectivity index (χ0) is 22.5. The van der Waals surface area contributed by atoms with E-state index in [0.717, 1.165) is 5.56 Å². The Morgan fingerprint density at radius 1 is 1.03 bits per heavy atom. The van der Waals surface area contributed by atoms with E-state index in [1.165, 1.54) is 26.2 Å². The SMILES string of the molecule is COc1cccc(OCC(=O)N2C[C@H](C)N(Cc3ccc(F)cc3)C[C@H]2C)c1C(C)=O. The van der Waals surface area contributed by atoms with Crippen LogP contribution in [0.2, 0.25) is 0 Å². The molecule has 0 N–H and O–H groups in total. The summed E-state index contributed by atoms with van der Waals surface area (Å²) in [5.74, 6) is 0.212. The van der Waals surface area contributed by atoms with Gasteiger partial charge in [0.15, 0.2) is 12.4 Å². The van der Waals surface area contributed by atoms with Crippen molar-refractivity contribution in [2.75, 3.05) is 26.8 Å². The van der Waals surface area contributed by atoms with E-state index in [0.29, 0.717) is 36.7 Å². The maximum absolute atomic E-state index is 13.2. The average molecular weight is 429 g/mol. The standard InChI is InChI=1S/C24H29FN2O4/c1-16-13-27(17(2)12-26(16)14-19-8-10-20(25)11-9-19)23(29)15-31-22-7-5-6-21(30-4)24(22)18(3)28/h5-11,16-17H,12-15H2,1-4H3/t16-,17+/m0/s1. The van der Waals surface area contributed by atoms with Gasteiger partial charge < -0.3 is 14.4 Å². The molecule has 0 bridgehead atoms. The van der Waals surface area contributed by atoms with Crippen LogP contribution in [0.15, 0.2) is 42.5 Å². The lowest BCUT2D eigenvalue weighted by atomic mass is 10.1. The van der Waals surface area contributed by atoms with E-state index in [4.69, 9.17) is 9.47 Å². The van der Waals surface area contributed by atoms with Gasteiger partial charge in [-0.2, -0.15) is 0 Å². The van der Waals surface area contributed by atoms with E-state index in [2.05, 4.69) is 11.8 Å². The third-order valence-corrected chi connectivity index (χ3v) is 5.65. The second-order valence-corrected chi connectivity index (χ2v) is 7.98. The van der Waals surface area contributed by atoms with E-state index in [1.54, 1.807) is 30.3 Å². The summed E-state index contributed by atoms with van der Waals surface area (Å²) in [6.07, 6.45) is 0. The first-order valence-corrected chi connectivity index (χ1v) is 10.4. The van der Waals surface area contributed by atoms with Crippen molar-refractivity contribution >= 4 is 11.7 Å². The summed E-state index contributed by atoms with van der Waals surface area (Å²) in [5.41, 5.74) is 1.38. The van der Waals surface area contributed by atoms with E-state index < -0.39 is 0 Å². The fraction of sp³-hybridized carbons (Fsp3) is 0.417. The number of hydrogen-bond acceptors (Lipinski definition) is 5. The van der Waals surface area contributed by atoms with Crippen LogP contribution in [0.3, 0.4) is 0 Å². The van der Waals surface area contributed by atoms with Gasteiger partial charge in [-0.3, -0.25) is 14.5 Å². The zero-order valence-corrected chi connectivity index (χ0v) is 18.4. The largest absolute Gasteiger partial charge is 0.496 e. The first-order valence-electron chi connectivity index (χ1n) is 10.4. The number of carbonyl (C=O) groups excluding carboxylic acids is 2. The molecule has 0 aromatic heterocycles. The summed E-state index contributed by atoms with van der Waals surface area (Å²) >= 11 is 0. The maximum Gasteiger partial charge on any atom is 0.260 e. The van der Waals surface area contributed by atoms with Crippen LogP contribution in [0, 0.1) is 5.82 Å². The summed E-state index contributed by atoms with van der Waals surface area (Å²) in [5, 5.41) is 0. The summed E-state index contributed by atoms with van der Waals surface area (Å²) in [7, 11) is 1.49. The summed E-state index contributed by atoms with van der Waals surface area (Å²) in [4.78, 5) is 29.0. The van der Waals surface area contributed by atoms with Crippen molar-refractivity contribution in [2.24, 2.45) is 0 Å². The summed E-state index contributed by atoms with van der Waals surface area (Å²) in [6.45, 7) is 7.36. The van der Waals surface area contributed by atoms with Crippen LogP contribution in [0.5, 0.6) is 11.5 Å². The van der Waals surface area contributed by atoms with E-state index in [9.17, 15) is 14.0 Å². The fourth-order valence-corrected chi connectivity index (χ4v) is 3.96. The second-order valence-electron chi connectivity index (χ2n) is 7.98. The molecule has 0 radical (unpaired) electrons. The molecule has 0 saturated carbocycles. The zero-order valence-electron chi connectivity index (χ0n) is 18.4. The van der Waals surface area contributed by atoms with Crippen LogP contribution in [-0.2, 0) is 11.3 Å². The van der Waals surface area contributed by atoms with Gasteiger partial charge in [0.25, 0.3) is 5.91 Å². The number of ether oxygens (including phenoxy) is 2. The maximum atomic E-state index is 13.2. The third kappa shape index (κ3) is 5.41. The number of rotatable bonds is 7. The Kier molecular flexibility index (Phi) is 7.28. The lowest BCUT2D eigenvalue weighted by Crippen LogP contribution is -2.58. The molecule has 1 amide bonds. The Hall–Kier alpha value is -2.93. The Bertz CT molecular complexity index is 932. The van der Waals surface area contributed by atoms with Crippen molar-refractivity contribution in [1.82, 2.24) is 9.80 Å². The molecule has 6 nitrogen and oxygen atoms in total. The first kappa shape index (κ1) is 22.7. The minimum atomic E-state index is -0.246. The van der Waals surface area contributed by atoms with E-state index >= 15 is 0 Å². The molecule has 3 rings (SSSR count). The third-order valence-electron chi connectivity index (χ3n) is 5.65. The topological polar surface area (TPSA) is 59.1 Å². The van der Waals surface area contributed by atoms with Gasteiger partial charge in [0, 0.05) is 31.7 Å². The van der Waals surface area contributed by atoms with E-state index in [-0.39, 0.29) is 36.2 Å². The van der Waals surface area contributed by atoms with Crippen molar-refractivity contribution in [3.63, 3.8) is 0 Å². The molecule has 0 unspecified atom stereocenters. The summed E-state index contributed by atoms with van der Waals surface area (Å²) in [6, 6.07) is 11.7. The highest BCUT2D eigenvalue weighted by Gasteiger charge is 2.32. The number of hydrogen-bond donors (Lipinski definition) is 0. The molecule has 1 saturated heterocycles. The predicted octanol–water partition coefficient (Wildman–Crippen LogP) is 3.54. The molecule has 7 heteroatoms. The number of carbonyl (C=O) groups is 2. The normalized spacial score (nSPS) is 19.2. The van der Waals surface area contributed by atoms with Gasteiger partial charge in [0.2, 0.25) is 0 Å². The van der Waals surface area contributed by atoms with Crippen molar-refractivity contribution in [1.29, 1.82) is 0 Å². The Morgan fingerprint density at radius 2 is 1.71 bits per heavy atom. The van der Waals surface area contributed by atoms with Crippen molar-refractivity contribution in [3.05, 3.63) is 59.4 Å². The van der Waals surface area contributed by atoms with Gasteiger partial charge in [0.1, 0.15) is 22.9 Å². The number of piperazine rings is 1. The number of benzene rings is 2. The molecule has 1 fully saturated rings. The second kappa shape index (κ2) is 9.92. The van der Waals surface area contributed by atoms with Gasteiger partial charge in [-0.05, 0) is 50.6 Å². The average Bonchev–Trinajstić information content (AvgIpc) is 2.75. The minimum absolute atomic E-state index is 0.00494. The van der Waals surface area contributed by atoms with Gasteiger partial charge in [-0.1, -0.05) is 18.2 Å². The molecule has 2 aromatic carbocycles. The first-order chi connectivity index (χ1) is 14.8. The van der Waals surface area contributed by atoms with Crippen LogP contribution < -0.4 is 9.47 Å². The van der Waals surface area contributed by atoms with Crippen LogP contribution in [0.25, 0.3) is 0 Å². The molecule has 0 spiro atoms. The smallest absolute Gasteiger partial charge is 0.260 e. The Balaban J connectivity index is 1.62. The van der Waals surface area contributed by atoms with Crippen LogP contribution in [0.1, 0.15) is 36.7 Å². The molecule has 1 heterocycles. The molecule has 2 aromatic rings. The predicted molar refractivity (Wildman–Crippen MR) is 116 cm³/mol. The fourth-order valence-electron chi connectivity index (χ4n) is 3.96. The quantitative estimate of drug-likeness (QED) is 0.632.